The molecule has 2 rings (SSSR count). The van der Waals surface area contributed by atoms with Crippen LogP contribution in [0.1, 0.15) is 38.3 Å². The van der Waals surface area contributed by atoms with E-state index < -0.39 is 25.1 Å². The van der Waals surface area contributed by atoms with Crippen molar-refractivity contribution in [2.24, 2.45) is 5.14 Å². The molecular formula is C11H19ClN2O4S3. The summed E-state index contributed by atoms with van der Waals surface area (Å²) in [4.78, 5) is 0. The number of sulfonamides is 1. The molecule has 3 N–H and O–H groups in total. The van der Waals surface area contributed by atoms with E-state index in [1.165, 1.54) is 6.07 Å². The van der Waals surface area contributed by atoms with E-state index in [4.69, 9.17) is 5.14 Å². The second-order valence-electron chi connectivity index (χ2n) is 4.77. The lowest BCUT2D eigenvalue weighted by Crippen LogP contribution is -2.34. The number of nitrogens with two attached hydrogens (primary N) is 1. The highest BCUT2D eigenvalue weighted by Crippen LogP contribution is 2.43. The summed E-state index contributed by atoms with van der Waals surface area (Å²) in [6.45, 7) is 4.43. The highest BCUT2D eigenvalue weighted by atomic mass is 35.5. The van der Waals surface area contributed by atoms with Gasteiger partial charge in [0.25, 0.3) is 0 Å². The Labute approximate surface area is 135 Å². The lowest BCUT2D eigenvalue weighted by Gasteiger charge is -2.29. The fourth-order valence-corrected chi connectivity index (χ4v) is 7.18. The third-order valence-corrected chi connectivity index (χ3v) is 8.93. The molecule has 6 nitrogen and oxygen atoms in total. The highest BCUT2D eigenvalue weighted by Gasteiger charge is 2.40. The number of sulfone groups is 1. The number of hydrogen-bond donors (Lipinski definition) is 2. The van der Waals surface area contributed by atoms with E-state index in [-0.39, 0.29) is 26.9 Å². The molecule has 21 heavy (non-hydrogen) atoms. The fourth-order valence-electron chi connectivity index (χ4n) is 2.46. The zero-order valence-corrected chi connectivity index (χ0v) is 15.0. The van der Waals surface area contributed by atoms with Gasteiger partial charge in [0.2, 0.25) is 10.0 Å². The predicted octanol–water partition coefficient (Wildman–Crippen LogP) is 1.42. The molecule has 0 fully saturated rings. The standard InChI is InChI=1S/C11H18N2O4S3.ClH/c1-3-7-5-9(13-4-2)8-6-10(20(12,16)17)18-11(8)19(7,14)15;/h6-7,9,13H,3-5H2,1-2H3,(H2,12,16,17);1H. The summed E-state index contributed by atoms with van der Waals surface area (Å²) >= 11 is 0.757. The van der Waals surface area contributed by atoms with Crippen molar-refractivity contribution in [3.8, 4) is 0 Å². The second-order valence-corrected chi connectivity index (χ2v) is 10.0. The third-order valence-electron chi connectivity index (χ3n) is 3.46. The van der Waals surface area contributed by atoms with Crippen LogP contribution in [0.15, 0.2) is 14.5 Å². The number of hydrogen-bond acceptors (Lipinski definition) is 6. The summed E-state index contributed by atoms with van der Waals surface area (Å²) in [5, 5.41) is 7.84. The molecule has 0 aliphatic carbocycles. The molecule has 2 heterocycles. The number of rotatable bonds is 4. The van der Waals surface area contributed by atoms with Crippen molar-refractivity contribution in [3.05, 3.63) is 11.6 Å². The summed E-state index contributed by atoms with van der Waals surface area (Å²) in [7, 11) is -7.35. The maximum Gasteiger partial charge on any atom is 0.247 e. The van der Waals surface area contributed by atoms with E-state index in [2.05, 4.69) is 5.32 Å². The first-order valence-electron chi connectivity index (χ1n) is 6.35. The van der Waals surface area contributed by atoms with Gasteiger partial charge in [0.05, 0.1) is 5.25 Å². The smallest absolute Gasteiger partial charge is 0.247 e. The zero-order chi connectivity index (χ0) is 15.1. The fraction of sp³-hybridized carbons (Fsp3) is 0.636. The van der Waals surface area contributed by atoms with Crippen molar-refractivity contribution in [3.63, 3.8) is 0 Å². The van der Waals surface area contributed by atoms with E-state index in [1.54, 1.807) is 0 Å². The topological polar surface area (TPSA) is 106 Å². The minimum Gasteiger partial charge on any atom is -0.310 e. The van der Waals surface area contributed by atoms with E-state index in [1.807, 2.05) is 13.8 Å². The minimum atomic E-state index is -3.88. The molecule has 0 bridgehead atoms. The number of nitrogens with one attached hydrogen (secondary N) is 1. The molecular weight excluding hydrogens is 356 g/mol. The Kier molecular flexibility index (Phi) is 5.85. The van der Waals surface area contributed by atoms with Gasteiger partial charge in [-0.1, -0.05) is 13.8 Å². The molecule has 2 unspecified atom stereocenters. The maximum absolute atomic E-state index is 12.5. The molecule has 1 aliphatic rings. The van der Waals surface area contributed by atoms with Crippen molar-refractivity contribution in [2.75, 3.05) is 6.54 Å². The highest BCUT2D eigenvalue weighted by molar-refractivity contribution is 7.95. The third kappa shape index (κ3) is 3.43. The average molecular weight is 375 g/mol. The van der Waals surface area contributed by atoms with Crippen molar-refractivity contribution in [1.82, 2.24) is 5.32 Å². The summed E-state index contributed by atoms with van der Waals surface area (Å²) < 4.78 is 47.9. The molecule has 0 saturated heterocycles. The Balaban J connectivity index is 0.00000220. The van der Waals surface area contributed by atoms with Crippen LogP contribution >= 0.6 is 23.7 Å². The SMILES string of the molecule is CCNC1CC(CC)S(=O)(=O)c2sc(S(N)(=O)=O)cc21.Cl. The first kappa shape index (κ1) is 18.9. The summed E-state index contributed by atoms with van der Waals surface area (Å²) in [5.41, 5.74) is 0.533. The Hall–Kier alpha value is -0.190. The van der Waals surface area contributed by atoms with Crippen LogP contribution in [0.3, 0.4) is 0 Å². The number of primary sulfonamides is 1. The molecule has 10 heteroatoms. The number of thiophene rings is 1. The van der Waals surface area contributed by atoms with E-state index in [9.17, 15) is 16.8 Å². The quantitative estimate of drug-likeness (QED) is 0.828. The molecule has 122 valence electrons. The summed E-state index contributed by atoms with van der Waals surface area (Å²) in [5.74, 6) is 0. The van der Waals surface area contributed by atoms with Gasteiger partial charge in [-0.05, 0) is 25.5 Å². The number of halogens is 1. The van der Waals surface area contributed by atoms with Gasteiger partial charge in [0.15, 0.2) is 9.84 Å². The van der Waals surface area contributed by atoms with Crippen LogP contribution < -0.4 is 10.5 Å². The molecule has 1 aromatic rings. The molecule has 0 aromatic carbocycles. The molecule has 1 aromatic heterocycles. The monoisotopic (exact) mass is 374 g/mol. The summed E-state index contributed by atoms with van der Waals surface area (Å²) in [6, 6.07) is 1.25. The van der Waals surface area contributed by atoms with Crippen LogP contribution in [0.5, 0.6) is 0 Å². The van der Waals surface area contributed by atoms with Gasteiger partial charge in [0, 0.05) is 11.6 Å². The van der Waals surface area contributed by atoms with Crippen LogP contribution in [-0.2, 0) is 19.9 Å². The Morgan fingerprint density at radius 2 is 2.05 bits per heavy atom. The second kappa shape index (κ2) is 6.51. The molecule has 0 amide bonds. The van der Waals surface area contributed by atoms with Gasteiger partial charge in [-0.15, -0.1) is 23.7 Å². The molecule has 0 radical (unpaired) electrons. The summed E-state index contributed by atoms with van der Waals surface area (Å²) in [6.07, 6.45) is 0.965. The van der Waals surface area contributed by atoms with Crippen molar-refractivity contribution in [2.45, 2.75) is 46.4 Å². The normalized spacial score (nSPS) is 24.1. The predicted molar refractivity (Wildman–Crippen MR) is 85.2 cm³/mol. The van der Waals surface area contributed by atoms with E-state index >= 15 is 0 Å². The van der Waals surface area contributed by atoms with Gasteiger partial charge < -0.3 is 5.32 Å². The van der Waals surface area contributed by atoms with Crippen LogP contribution in [0, 0.1) is 0 Å². The van der Waals surface area contributed by atoms with Crippen LogP contribution in [0.25, 0.3) is 0 Å². The van der Waals surface area contributed by atoms with Gasteiger partial charge >= 0.3 is 0 Å². The Morgan fingerprint density at radius 1 is 1.43 bits per heavy atom. The van der Waals surface area contributed by atoms with Crippen molar-refractivity contribution in [1.29, 1.82) is 0 Å². The van der Waals surface area contributed by atoms with Gasteiger partial charge in [-0.2, -0.15) is 0 Å². The Bertz CT molecular complexity index is 712. The van der Waals surface area contributed by atoms with E-state index in [0.717, 1.165) is 11.3 Å². The first-order chi connectivity index (χ1) is 9.21. The Morgan fingerprint density at radius 3 is 2.52 bits per heavy atom. The minimum absolute atomic E-state index is 0. The van der Waals surface area contributed by atoms with Crippen molar-refractivity contribution < 1.29 is 16.8 Å². The lowest BCUT2D eigenvalue weighted by molar-refractivity contribution is 0.463. The van der Waals surface area contributed by atoms with Crippen LogP contribution in [0.4, 0.5) is 0 Å². The maximum atomic E-state index is 12.5. The first-order valence-corrected chi connectivity index (χ1v) is 10.3. The van der Waals surface area contributed by atoms with E-state index in [0.29, 0.717) is 24.9 Å². The molecule has 0 saturated carbocycles. The van der Waals surface area contributed by atoms with Gasteiger partial charge in [0.1, 0.15) is 8.42 Å². The largest absolute Gasteiger partial charge is 0.310 e. The zero-order valence-electron chi connectivity index (χ0n) is 11.7. The van der Waals surface area contributed by atoms with Gasteiger partial charge in [-0.25, -0.2) is 22.0 Å². The molecule has 2 atom stereocenters. The lowest BCUT2D eigenvalue weighted by atomic mass is 10.0. The van der Waals surface area contributed by atoms with Crippen LogP contribution in [-0.4, -0.2) is 28.6 Å². The molecule has 0 spiro atoms. The van der Waals surface area contributed by atoms with Gasteiger partial charge in [-0.3, -0.25) is 0 Å². The average Bonchev–Trinajstić information content (AvgIpc) is 2.78. The van der Waals surface area contributed by atoms with Crippen LogP contribution in [0.2, 0.25) is 0 Å². The molecule has 1 aliphatic heterocycles. The number of fused-ring (bicyclic) bond motifs is 1. The van der Waals surface area contributed by atoms with Crippen molar-refractivity contribution >= 4 is 43.6 Å².